The first-order chi connectivity index (χ1) is 8.95. The number of nitrogens with zero attached hydrogens (tertiary/aromatic N) is 1. The maximum atomic E-state index is 12.5. The highest BCUT2D eigenvalue weighted by Gasteiger charge is 2.28. The van der Waals surface area contributed by atoms with Gasteiger partial charge in [0, 0.05) is 13.1 Å². The smallest absolute Gasteiger partial charge is 0.207 e. The third-order valence-corrected chi connectivity index (χ3v) is 5.32. The van der Waals surface area contributed by atoms with E-state index in [-0.39, 0.29) is 0 Å². The van der Waals surface area contributed by atoms with Crippen LogP contribution in [0.15, 0.2) is 53.0 Å². The minimum Gasteiger partial charge on any atom is -0.207 e. The SMILES string of the molecule is C=C1CN(S(=O)(=O)c2ccc(C)cc2)CC/C1=C/C. The van der Waals surface area contributed by atoms with Gasteiger partial charge in [-0.3, -0.25) is 0 Å². The summed E-state index contributed by atoms with van der Waals surface area (Å²) in [5.74, 6) is 0. The molecular weight excluding hydrogens is 258 g/mol. The van der Waals surface area contributed by atoms with Crippen LogP contribution < -0.4 is 0 Å². The van der Waals surface area contributed by atoms with Crippen LogP contribution in [0.25, 0.3) is 0 Å². The third-order valence-electron chi connectivity index (χ3n) is 3.46. The fourth-order valence-electron chi connectivity index (χ4n) is 2.23. The monoisotopic (exact) mass is 277 g/mol. The van der Waals surface area contributed by atoms with E-state index in [0.29, 0.717) is 18.0 Å². The van der Waals surface area contributed by atoms with Crippen molar-refractivity contribution < 1.29 is 8.42 Å². The molecular formula is C15H19NO2S. The molecule has 0 N–H and O–H groups in total. The number of rotatable bonds is 2. The van der Waals surface area contributed by atoms with Gasteiger partial charge < -0.3 is 0 Å². The molecule has 0 aromatic heterocycles. The van der Waals surface area contributed by atoms with E-state index >= 15 is 0 Å². The summed E-state index contributed by atoms with van der Waals surface area (Å²) < 4.78 is 26.5. The predicted molar refractivity (Wildman–Crippen MR) is 77.5 cm³/mol. The van der Waals surface area contributed by atoms with Gasteiger partial charge in [0.05, 0.1) is 4.90 Å². The molecule has 4 heteroatoms. The number of aryl methyl sites for hydroxylation is 1. The summed E-state index contributed by atoms with van der Waals surface area (Å²) in [5, 5.41) is 0. The van der Waals surface area contributed by atoms with E-state index in [9.17, 15) is 8.42 Å². The van der Waals surface area contributed by atoms with Gasteiger partial charge in [-0.2, -0.15) is 4.31 Å². The molecule has 0 atom stereocenters. The molecule has 0 unspecified atom stereocenters. The molecule has 1 aliphatic rings. The molecule has 0 spiro atoms. The van der Waals surface area contributed by atoms with Crippen LogP contribution in [0.1, 0.15) is 18.9 Å². The largest absolute Gasteiger partial charge is 0.243 e. The molecule has 1 heterocycles. The van der Waals surface area contributed by atoms with Crippen LogP contribution >= 0.6 is 0 Å². The average molecular weight is 277 g/mol. The maximum Gasteiger partial charge on any atom is 0.243 e. The lowest BCUT2D eigenvalue weighted by Crippen LogP contribution is -2.37. The Balaban J connectivity index is 2.27. The maximum absolute atomic E-state index is 12.5. The molecule has 3 nitrogen and oxygen atoms in total. The normalized spacial score (nSPS) is 19.9. The second-order valence-corrected chi connectivity index (χ2v) is 6.76. The Labute approximate surface area is 115 Å². The molecule has 1 aromatic carbocycles. The lowest BCUT2D eigenvalue weighted by molar-refractivity contribution is 0.421. The first kappa shape index (κ1) is 14.0. The quantitative estimate of drug-likeness (QED) is 0.833. The summed E-state index contributed by atoms with van der Waals surface area (Å²) >= 11 is 0. The number of sulfonamides is 1. The zero-order valence-corrected chi connectivity index (χ0v) is 12.2. The van der Waals surface area contributed by atoms with Crippen molar-refractivity contribution in [3.63, 3.8) is 0 Å². The van der Waals surface area contributed by atoms with Gasteiger partial charge in [-0.05, 0) is 43.5 Å². The van der Waals surface area contributed by atoms with Crippen molar-refractivity contribution in [2.24, 2.45) is 0 Å². The molecule has 2 rings (SSSR count). The fourth-order valence-corrected chi connectivity index (χ4v) is 3.66. The number of piperidine rings is 1. The molecule has 1 saturated heterocycles. The number of benzene rings is 1. The molecule has 0 saturated carbocycles. The lowest BCUT2D eigenvalue weighted by Gasteiger charge is -2.29. The van der Waals surface area contributed by atoms with Crippen molar-refractivity contribution in [3.8, 4) is 0 Å². The molecule has 19 heavy (non-hydrogen) atoms. The van der Waals surface area contributed by atoms with Crippen molar-refractivity contribution in [1.29, 1.82) is 0 Å². The topological polar surface area (TPSA) is 37.4 Å². The molecule has 0 amide bonds. The zero-order chi connectivity index (χ0) is 14.0. The van der Waals surface area contributed by atoms with Gasteiger partial charge in [0.2, 0.25) is 10.0 Å². The van der Waals surface area contributed by atoms with Crippen molar-refractivity contribution in [3.05, 3.63) is 53.6 Å². The lowest BCUT2D eigenvalue weighted by atomic mass is 10.0. The first-order valence-electron chi connectivity index (χ1n) is 6.35. The van der Waals surface area contributed by atoms with Gasteiger partial charge in [-0.15, -0.1) is 0 Å². The molecule has 1 aromatic rings. The average Bonchev–Trinajstić information content (AvgIpc) is 2.39. The van der Waals surface area contributed by atoms with Gasteiger partial charge >= 0.3 is 0 Å². The number of hydrogen-bond acceptors (Lipinski definition) is 2. The van der Waals surface area contributed by atoms with Gasteiger partial charge in [0.15, 0.2) is 0 Å². The summed E-state index contributed by atoms with van der Waals surface area (Å²) in [5.41, 5.74) is 3.11. The molecule has 0 bridgehead atoms. The van der Waals surface area contributed by atoms with Crippen molar-refractivity contribution in [2.45, 2.75) is 25.2 Å². The molecule has 0 aliphatic carbocycles. The highest BCUT2D eigenvalue weighted by molar-refractivity contribution is 7.89. The van der Waals surface area contributed by atoms with Crippen molar-refractivity contribution >= 4 is 10.0 Å². The van der Waals surface area contributed by atoms with Gasteiger partial charge in [0.1, 0.15) is 0 Å². The second-order valence-electron chi connectivity index (χ2n) is 4.82. The van der Waals surface area contributed by atoms with Crippen molar-refractivity contribution in [1.82, 2.24) is 4.31 Å². The Morgan fingerprint density at radius 3 is 2.42 bits per heavy atom. The Kier molecular flexibility index (Phi) is 3.92. The standard InChI is InChI=1S/C15H19NO2S/c1-4-14-9-10-16(11-13(14)3)19(17,18)15-7-5-12(2)6-8-15/h4-8H,3,9-11H2,1-2H3/b14-4-. The van der Waals surface area contributed by atoms with E-state index in [1.165, 1.54) is 4.31 Å². The van der Waals surface area contributed by atoms with Gasteiger partial charge in [0.25, 0.3) is 0 Å². The Morgan fingerprint density at radius 1 is 1.26 bits per heavy atom. The van der Waals surface area contributed by atoms with Crippen LogP contribution in [-0.2, 0) is 10.0 Å². The molecule has 102 valence electrons. The highest BCUT2D eigenvalue weighted by Crippen LogP contribution is 2.26. The van der Waals surface area contributed by atoms with Crippen molar-refractivity contribution in [2.75, 3.05) is 13.1 Å². The van der Waals surface area contributed by atoms with Crippen LogP contribution in [0.3, 0.4) is 0 Å². The Hall–Kier alpha value is -1.39. The highest BCUT2D eigenvalue weighted by atomic mass is 32.2. The molecule has 1 aliphatic heterocycles. The van der Waals surface area contributed by atoms with Gasteiger partial charge in [-0.25, -0.2) is 8.42 Å². The van der Waals surface area contributed by atoms with Crippen LogP contribution in [-0.4, -0.2) is 25.8 Å². The summed E-state index contributed by atoms with van der Waals surface area (Å²) in [4.78, 5) is 0.356. The molecule has 0 radical (unpaired) electrons. The summed E-state index contributed by atoms with van der Waals surface area (Å²) in [6, 6.07) is 6.98. The Morgan fingerprint density at radius 2 is 1.89 bits per heavy atom. The van der Waals surface area contributed by atoms with Crippen LogP contribution in [0, 0.1) is 6.92 Å². The summed E-state index contributed by atoms with van der Waals surface area (Å²) in [6.07, 6.45) is 2.75. The zero-order valence-electron chi connectivity index (χ0n) is 11.4. The predicted octanol–water partition coefficient (Wildman–Crippen LogP) is 2.89. The van der Waals surface area contributed by atoms with Crippen LogP contribution in [0.2, 0.25) is 0 Å². The van der Waals surface area contributed by atoms with E-state index in [1.54, 1.807) is 12.1 Å². The van der Waals surface area contributed by atoms with Crippen LogP contribution in [0.5, 0.6) is 0 Å². The minimum absolute atomic E-state index is 0.356. The van der Waals surface area contributed by atoms with E-state index in [1.807, 2.05) is 32.1 Å². The summed E-state index contributed by atoms with van der Waals surface area (Å²) in [7, 11) is -3.40. The van der Waals surface area contributed by atoms with Crippen LogP contribution in [0.4, 0.5) is 0 Å². The fraction of sp³-hybridized carbons (Fsp3) is 0.333. The number of hydrogen-bond donors (Lipinski definition) is 0. The van der Waals surface area contributed by atoms with E-state index in [4.69, 9.17) is 0 Å². The second kappa shape index (κ2) is 5.31. The molecule has 1 fully saturated rings. The number of allylic oxidation sites excluding steroid dienone is 1. The van der Waals surface area contributed by atoms with E-state index in [2.05, 4.69) is 6.58 Å². The van der Waals surface area contributed by atoms with Gasteiger partial charge in [-0.1, -0.05) is 30.4 Å². The Bertz CT molecular complexity index is 612. The first-order valence-corrected chi connectivity index (χ1v) is 7.79. The van der Waals surface area contributed by atoms with E-state index < -0.39 is 10.0 Å². The third kappa shape index (κ3) is 2.80. The minimum atomic E-state index is -3.40. The van der Waals surface area contributed by atoms with E-state index in [0.717, 1.165) is 23.1 Å². The summed E-state index contributed by atoms with van der Waals surface area (Å²) in [6.45, 7) is 8.78.